The number of nitrogens with zero attached hydrogens (tertiary/aromatic N) is 5. The summed E-state index contributed by atoms with van der Waals surface area (Å²) in [6.45, 7) is 4.76. The van der Waals surface area contributed by atoms with Crippen LogP contribution in [0.3, 0.4) is 0 Å². The predicted octanol–water partition coefficient (Wildman–Crippen LogP) is 2.64. The standard InChI is InChI=1S/C16H20N6OS/c1-4-7-22-15(17-10-18-22)11(2)19-16(23)12-9-13(21(3)20-12)14-6-5-8-24-14/h5-6,8-11H,4,7H2,1-3H3,(H,19,23)/t11-/m0/s1. The number of carbonyl (C=O) groups is 1. The second kappa shape index (κ2) is 6.96. The van der Waals surface area contributed by atoms with Crippen molar-refractivity contribution in [1.29, 1.82) is 0 Å². The summed E-state index contributed by atoms with van der Waals surface area (Å²) in [6, 6.07) is 5.57. The number of aryl methyl sites for hydroxylation is 2. The van der Waals surface area contributed by atoms with Gasteiger partial charge in [-0.2, -0.15) is 10.2 Å². The molecule has 1 atom stereocenters. The van der Waals surface area contributed by atoms with E-state index in [1.54, 1.807) is 16.0 Å². The SMILES string of the molecule is CCCn1ncnc1[C@H](C)NC(=O)c1cc(-c2cccs2)n(C)n1. The molecule has 0 aromatic carbocycles. The number of nitrogens with one attached hydrogen (secondary N) is 1. The van der Waals surface area contributed by atoms with Crippen molar-refractivity contribution in [3.05, 3.63) is 41.4 Å². The molecule has 0 fully saturated rings. The molecule has 0 radical (unpaired) electrons. The highest BCUT2D eigenvalue weighted by Crippen LogP contribution is 2.25. The molecule has 0 unspecified atom stereocenters. The minimum Gasteiger partial charge on any atom is -0.341 e. The fourth-order valence-corrected chi connectivity index (χ4v) is 3.33. The van der Waals surface area contributed by atoms with E-state index < -0.39 is 0 Å². The van der Waals surface area contributed by atoms with Crippen LogP contribution in [0.5, 0.6) is 0 Å². The van der Waals surface area contributed by atoms with Gasteiger partial charge in [-0.25, -0.2) is 9.67 Å². The van der Waals surface area contributed by atoms with Gasteiger partial charge in [-0.1, -0.05) is 13.0 Å². The van der Waals surface area contributed by atoms with E-state index in [1.165, 1.54) is 6.33 Å². The molecule has 8 heteroatoms. The molecule has 7 nitrogen and oxygen atoms in total. The largest absolute Gasteiger partial charge is 0.341 e. The third-order valence-corrected chi connectivity index (χ3v) is 4.59. The lowest BCUT2D eigenvalue weighted by atomic mass is 10.2. The van der Waals surface area contributed by atoms with Gasteiger partial charge in [-0.3, -0.25) is 9.48 Å². The molecule has 3 aromatic heterocycles. The molecular weight excluding hydrogens is 324 g/mol. The fourth-order valence-electron chi connectivity index (χ4n) is 2.56. The lowest BCUT2D eigenvalue weighted by molar-refractivity contribution is 0.0931. The molecule has 0 spiro atoms. The number of amides is 1. The van der Waals surface area contributed by atoms with Gasteiger partial charge in [-0.15, -0.1) is 11.3 Å². The highest BCUT2D eigenvalue weighted by atomic mass is 32.1. The zero-order valence-corrected chi connectivity index (χ0v) is 14.7. The first-order chi connectivity index (χ1) is 11.6. The van der Waals surface area contributed by atoms with Crippen molar-refractivity contribution in [2.24, 2.45) is 7.05 Å². The number of hydrogen-bond donors (Lipinski definition) is 1. The van der Waals surface area contributed by atoms with Crippen LogP contribution in [0.4, 0.5) is 0 Å². The molecule has 0 saturated heterocycles. The Hall–Kier alpha value is -2.48. The molecule has 126 valence electrons. The second-order valence-corrected chi connectivity index (χ2v) is 6.50. The van der Waals surface area contributed by atoms with Crippen molar-refractivity contribution >= 4 is 17.2 Å². The van der Waals surface area contributed by atoms with E-state index in [0.717, 1.165) is 29.4 Å². The van der Waals surface area contributed by atoms with Gasteiger partial charge in [-0.05, 0) is 30.9 Å². The Morgan fingerprint density at radius 3 is 3.00 bits per heavy atom. The van der Waals surface area contributed by atoms with E-state index in [1.807, 2.05) is 42.2 Å². The Labute approximate surface area is 144 Å². The van der Waals surface area contributed by atoms with Crippen LogP contribution < -0.4 is 5.32 Å². The molecule has 0 bridgehead atoms. The number of rotatable bonds is 6. The Morgan fingerprint density at radius 2 is 2.29 bits per heavy atom. The van der Waals surface area contributed by atoms with Gasteiger partial charge >= 0.3 is 0 Å². The Bertz CT molecular complexity index is 820. The molecule has 3 aromatic rings. The van der Waals surface area contributed by atoms with Crippen LogP contribution in [0.25, 0.3) is 10.6 Å². The minimum atomic E-state index is -0.237. The lowest BCUT2D eigenvalue weighted by Gasteiger charge is -2.13. The number of carbonyl (C=O) groups excluding carboxylic acids is 1. The zero-order chi connectivity index (χ0) is 17.1. The molecule has 1 N–H and O–H groups in total. The Morgan fingerprint density at radius 1 is 1.46 bits per heavy atom. The summed E-state index contributed by atoms with van der Waals surface area (Å²) in [5.41, 5.74) is 1.33. The van der Waals surface area contributed by atoms with Gasteiger partial charge in [0, 0.05) is 13.6 Å². The van der Waals surface area contributed by atoms with Crippen molar-refractivity contribution in [3.8, 4) is 10.6 Å². The summed E-state index contributed by atoms with van der Waals surface area (Å²) in [7, 11) is 1.84. The third kappa shape index (κ3) is 3.23. The van der Waals surface area contributed by atoms with Gasteiger partial charge in [0.1, 0.15) is 12.2 Å². The summed E-state index contributed by atoms with van der Waals surface area (Å²) in [5, 5.41) is 13.5. The smallest absolute Gasteiger partial charge is 0.272 e. The molecule has 3 heterocycles. The van der Waals surface area contributed by atoms with E-state index >= 15 is 0 Å². The number of thiophene rings is 1. The number of aromatic nitrogens is 5. The van der Waals surface area contributed by atoms with Crippen LogP contribution >= 0.6 is 11.3 Å². The van der Waals surface area contributed by atoms with Crippen molar-refractivity contribution in [2.45, 2.75) is 32.9 Å². The summed E-state index contributed by atoms with van der Waals surface area (Å²) < 4.78 is 3.55. The van der Waals surface area contributed by atoms with Gasteiger partial charge in [0.2, 0.25) is 0 Å². The number of hydrogen-bond acceptors (Lipinski definition) is 5. The maximum absolute atomic E-state index is 12.5. The molecule has 1 amide bonds. The summed E-state index contributed by atoms with van der Waals surface area (Å²) in [5.74, 6) is 0.534. The third-order valence-electron chi connectivity index (χ3n) is 3.70. The molecular formula is C16H20N6OS. The first-order valence-electron chi connectivity index (χ1n) is 7.86. The van der Waals surface area contributed by atoms with Crippen LogP contribution in [0.15, 0.2) is 29.9 Å². The van der Waals surface area contributed by atoms with Crippen LogP contribution in [-0.2, 0) is 13.6 Å². The molecule has 24 heavy (non-hydrogen) atoms. The van der Waals surface area contributed by atoms with Crippen LogP contribution in [0.1, 0.15) is 42.6 Å². The van der Waals surface area contributed by atoms with Gasteiger partial charge < -0.3 is 5.32 Å². The second-order valence-electron chi connectivity index (χ2n) is 5.55. The van der Waals surface area contributed by atoms with Crippen LogP contribution in [0.2, 0.25) is 0 Å². The van der Waals surface area contributed by atoms with Gasteiger partial charge in [0.05, 0.1) is 16.6 Å². The Balaban J connectivity index is 1.75. The van der Waals surface area contributed by atoms with E-state index in [4.69, 9.17) is 0 Å². The monoisotopic (exact) mass is 344 g/mol. The average Bonchev–Trinajstić information content (AvgIpc) is 3.26. The first kappa shape index (κ1) is 16.4. The van der Waals surface area contributed by atoms with Crippen LogP contribution in [0, 0.1) is 0 Å². The normalized spacial score (nSPS) is 12.3. The minimum absolute atomic E-state index is 0.216. The Kier molecular flexibility index (Phi) is 4.75. The molecule has 0 aliphatic carbocycles. The van der Waals surface area contributed by atoms with Gasteiger partial charge in [0.25, 0.3) is 5.91 Å². The quantitative estimate of drug-likeness (QED) is 0.746. The zero-order valence-electron chi connectivity index (χ0n) is 13.9. The molecule has 0 aliphatic rings. The summed E-state index contributed by atoms with van der Waals surface area (Å²) in [6.07, 6.45) is 2.48. The summed E-state index contributed by atoms with van der Waals surface area (Å²) >= 11 is 1.62. The van der Waals surface area contributed by atoms with Gasteiger partial charge in [0.15, 0.2) is 5.69 Å². The molecule has 0 saturated carbocycles. The highest BCUT2D eigenvalue weighted by molar-refractivity contribution is 7.13. The predicted molar refractivity (Wildman–Crippen MR) is 92.7 cm³/mol. The lowest BCUT2D eigenvalue weighted by Crippen LogP contribution is -2.29. The van der Waals surface area contributed by atoms with Crippen molar-refractivity contribution in [2.75, 3.05) is 0 Å². The highest BCUT2D eigenvalue weighted by Gasteiger charge is 2.19. The van der Waals surface area contributed by atoms with Crippen molar-refractivity contribution in [3.63, 3.8) is 0 Å². The summed E-state index contributed by atoms with van der Waals surface area (Å²) in [4.78, 5) is 17.9. The van der Waals surface area contributed by atoms with E-state index in [2.05, 4.69) is 27.4 Å². The van der Waals surface area contributed by atoms with E-state index in [9.17, 15) is 4.79 Å². The average molecular weight is 344 g/mol. The first-order valence-corrected chi connectivity index (χ1v) is 8.74. The topological polar surface area (TPSA) is 77.6 Å². The van der Waals surface area contributed by atoms with E-state index in [0.29, 0.717) is 5.69 Å². The maximum atomic E-state index is 12.5. The van der Waals surface area contributed by atoms with Crippen molar-refractivity contribution in [1.82, 2.24) is 29.9 Å². The van der Waals surface area contributed by atoms with Crippen molar-refractivity contribution < 1.29 is 4.79 Å². The van der Waals surface area contributed by atoms with Crippen LogP contribution in [-0.4, -0.2) is 30.5 Å². The fraction of sp³-hybridized carbons (Fsp3) is 0.375. The molecule has 3 rings (SSSR count). The molecule has 0 aliphatic heterocycles. The maximum Gasteiger partial charge on any atom is 0.272 e. The van der Waals surface area contributed by atoms with E-state index in [-0.39, 0.29) is 11.9 Å².